The molecule has 0 saturated heterocycles. The van der Waals surface area contributed by atoms with Gasteiger partial charge in [0.2, 0.25) is 5.91 Å². The first-order chi connectivity index (χ1) is 7.22. The number of hydrogen-bond donors (Lipinski definition) is 2. The maximum Gasteiger partial charge on any atom is 0.221 e. The maximum atomic E-state index is 11.1. The van der Waals surface area contributed by atoms with Gasteiger partial charge < -0.3 is 10.6 Å². The van der Waals surface area contributed by atoms with Crippen LogP contribution in [-0.2, 0) is 11.3 Å². The Balaban J connectivity index is 2.09. The molecule has 1 aromatic heterocycles. The fourth-order valence-electron chi connectivity index (χ4n) is 1.15. The summed E-state index contributed by atoms with van der Waals surface area (Å²) in [6, 6.07) is 2.09. The molecule has 3 nitrogen and oxygen atoms in total. The number of thiophene rings is 1. The van der Waals surface area contributed by atoms with E-state index in [1.807, 2.05) is 6.92 Å². The minimum absolute atomic E-state index is 0.109. The summed E-state index contributed by atoms with van der Waals surface area (Å²) in [4.78, 5) is 12.4. The molecule has 0 atom stereocenters. The average Bonchev–Trinajstić information content (AvgIpc) is 2.60. The molecule has 1 aromatic rings. The fraction of sp³-hybridized carbons (Fsp3) is 0.500. The van der Waals surface area contributed by atoms with Crippen molar-refractivity contribution in [3.8, 4) is 0 Å². The van der Waals surface area contributed by atoms with Crippen LogP contribution in [0.25, 0.3) is 0 Å². The Labute approximate surface area is 102 Å². The third kappa shape index (κ3) is 5.30. The van der Waals surface area contributed by atoms with Gasteiger partial charge >= 0.3 is 0 Å². The number of carbonyl (C=O) groups is 1. The number of nitrogens with one attached hydrogen (secondary N) is 2. The van der Waals surface area contributed by atoms with E-state index >= 15 is 0 Å². The van der Waals surface area contributed by atoms with Gasteiger partial charge in [-0.1, -0.05) is 0 Å². The van der Waals surface area contributed by atoms with Gasteiger partial charge in [0.1, 0.15) is 0 Å². The number of amides is 1. The van der Waals surface area contributed by atoms with Crippen molar-refractivity contribution in [3.63, 3.8) is 0 Å². The van der Waals surface area contributed by atoms with E-state index in [1.165, 1.54) is 4.88 Å². The molecule has 2 N–H and O–H groups in total. The second-order valence-electron chi connectivity index (χ2n) is 3.11. The molecule has 0 unspecified atom stereocenters. The van der Waals surface area contributed by atoms with Gasteiger partial charge in [-0.05, 0) is 28.9 Å². The Kier molecular flexibility index (Phi) is 5.90. The van der Waals surface area contributed by atoms with E-state index in [4.69, 9.17) is 0 Å². The van der Waals surface area contributed by atoms with Crippen molar-refractivity contribution >= 4 is 33.2 Å². The summed E-state index contributed by atoms with van der Waals surface area (Å²) in [7, 11) is 0. The summed E-state index contributed by atoms with van der Waals surface area (Å²) in [5.41, 5.74) is 0. The molecule has 0 radical (unpaired) electrons. The van der Waals surface area contributed by atoms with Crippen molar-refractivity contribution in [2.24, 2.45) is 0 Å². The van der Waals surface area contributed by atoms with E-state index in [9.17, 15) is 4.79 Å². The molecule has 1 heterocycles. The lowest BCUT2D eigenvalue weighted by Crippen LogP contribution is -2.27. The van der Waals surface area contributed by atoms with Crippen molar-refractivity contribution < 1.29 is 4.79 Å². The largest absolute Gasteiger partial charge is 0.356 e. The first-order valence-electron chi connectivity index (χ1n) is 4.92. The van der Waals surface area contributed by atoms with Crippen LogP contribution in [-0.4, -0.2) is 19.0 Å². The minimum Gasteiger partial charge on any atom is -0.356 e. The molecular weight excluding hydrogens is 276 g/mol. The molecule has 1 amide bonds. The highest BCUT2D eigenvalue weighted by atomic mass is 79.9. The van der Waals surface area contributed by atoms with Gasteiger partial charge in [-0.15, -0.1) is 11.3 Å². The zero-order chi connectivity index (χ0) is 11.1. The molecule has 1 rings (SSSR count). The van der Waals surface area contributed by atoms with Crippen molar-refractivity contribution in [2.75, 3.05) is 13.1 Å². The molecule has 0 spiro atoms. The molecule has 0 aromatic carbocycles. The lowest BCUT2D eigenvalue weighted by atomic mass is 10.4. The van der Waals surface area contributed by atoms with Crippen molar-refractivity contribution in [1.82, 2.24) is 10.6 Å². The maximum absolute atomic E-state index is 11.1. The van der Waals surface area contributed by atoms with Gasteiger partial charge in [0.05, 0.1) is 0 Å². The van der Waals surface area contributed by atoms with Crippen LogP contribution in [0.3, 0.4) is 0 Å². The number of rotatable bonds is 6. The Morgan fingerprint density at radius 1 is 1.60 bits per heavy atom. The number of hydrogen-bond acceptors (Lipinski definition) is 3. The molecule has 0 bridgehead atoms. The molecule has 15 heavy (non-hydrogen) atoms. The van der Waals surface area contributed by atoms with Gasteiger partial charge in [0.15, 0.2) is 0 Å². The third-order valence-electron chi connectivity index (χ3n) is 1.82. The van der Waals surface area contributed by atoms with Crippen LogP contribution in [0.2, 0.25) is 0 Å². The van der Waals surface area contributed by atoms with Gasteiger partial charge in [0, 0.05) is 40.8 Å². The van der Waals surface area contributed by atoms with Gasteiger partial charge in [-0.25, -0.2) is 0 Å². The zero-order valence-corrected chi connectivity index (χ0v) is 11.1. The van der Waals surface area contributed by atoms with Crippen LogP contribution in [0.1, 0.15) is 18.2 Å². The lowest BCUT2D eigenvalue weighted by Gasteiger charge is -2.03. The molecule has 0 aliphatic heterocycles. The summed E-state index contributed by atoms with van der Waals surface area (Å²) in [6.07, 6.45) is 0.542. The van der Waals surface area contributed by atoms with Crippen LogP contribution >= 0.6 is 27.3 Å². The van der Waals surface area contributed by atoms with E-state index in [2.05, 4.69) is 38.0 Å². The van der Waals surface area contributed by atoms with Crippen molar-refractivity contribution in [3.05, 3.63) is 20.8 Å². The van der Waals surface area contributed by atoms with Gasteiger partial charge in [-0.2, -0.15) is 0 Å². The van der Waals surface area contributed by atoms with Crippen molar-refractivity contribution in [1.29, 1.82) is 0 Å². The van der Waals surface area contributed by atoms with Crippen LogP contribution in [0.4, 0.5) is 0 Å². The summed E-state index contributed by atoms with van der Waals surface area (Å²) in [5.74, 6) is 0.109. The van der Waals surface area contributed by atoms with Gasteiger partial charge in [0.25, 0.3) is 0 Å². The Morgan fingerprint density at radius 3 is 3.00 bits per heavy atom. The SMILES string of the molecule is CCNC(=O)CCNCc1cc(Br)cs1. The van der Waals surface area contributed by atoms with Gasteiger partial charge in [-0.3, -0.25) is 4.79 Å². The summed E-state index contributed by atoms with van der Waals surface area (Å²) < 4.78 is 1.12. The van der Waals surface area contributed by atoms with Crippen LogP contribution < -0.4 is 10.6 Å². The van der Waals surface area contributed by atoms with E-state index in [0.717, 1.165) is 17.6 Å². The molecule has 0 saturated carbocycles. The Morgan fingerprint density at radius 2 is 2.40 bits per heavy atom. The second-order valence-corrected chi connectivity index (χ2v) is 5.02. The van der Waals surface area contributed by atoms with E-state index in [1.54, 1.807) is 11.3 Å². The lowest BCUT2D eigenvalue weighted by molar-refractivity contribution is -0.120. The van der Waals surface area contributed by atoms with E-state index in [-0.39, 0.29) is 5.91 Å². The first kappa shape index (κ1) is 12.7. The molecule has 0 aliphatic rings. The molecular formula is C10H15BrN2OS. The summed E-state index contributed by atoms with van der Waals surface area (Å²) in [5, 5.41) is 8.05. The first-order valence-corrected chi connectivity index (χ1v) is 6.60. The number of halogens is 1. The van der Waals surface area contributed by atoms with E-state index in [0.29, 0.717) is 13.0 Å². The highest BCUT2D eigenvalue weighted by Crippen LogP contribution is 2.19. The van der Waals surface area contributed by atoms with Crippen LogP contribution in [0.15, 0.2) is 15.9 Å². The normalized spacial score (nSPS) is 10.3. The Hall–Kier alpha value is -0.390. The average molecular weight is 291 g/mol. The fourth-order valence-corrected chi connectivity index (χ4v) is 2.57. The summed E-state index contributed by atoms with van der Waals surface area (Å²) >= 11 is 5.11. The highest BCUT2D eigenvalue weighted by Gasteiger charge is 1.99. The third-order valence-corrected chi connectivity index (χ3v) is 3.52. The molecule has 5 heteroatoms. The summed E-state index contributed by atoms with van der Waals surface area (Å²) in [6.45, 7) is 4.18. The predicted octanol–water partition coefficient (Wildman–Crippen LogP) is 2.13. The van der Waals surface area contributed by atoms with E-state index < -0.39 is 0 Å². The quantitative estimate of drug-likeness (QED) is 0.788. The second kappa shape index (κ2) is 6.98. The highest BCUT2D eigenvalue weighted by molar-refractivity contribution is 9.10. The molecule has 84 valence electrons. The van der Waals surface area contributed by atoms with Crippen molar-refractivity contribution in [2.45, 2.75) is 19.9 Å². The molecule has 0 fully saturated rings. The predicted molar refractivity (Wildman–Crippen MR) is 67.0 cm³/mol. The molecule has 0 aliphatic carbocycles. The topological polar surface area (TPSA) is 41.1 Å². The Bertz CT molecular complexity index is 314. The van der Waals surface area contributed by atoms with Crippen LogP contribution in [0, 0.1) is 0 Å². The number of carbonyl (C=O) groups excluding carboxylic acids is 1. The standard InChI is InChI=1S/C10H15BrN2OS/c1-2-13-10(14)3-4-12-6-9-5-8(11)7-15-9/h5,7,12H,2-4,6H2,1H3,(H,13,14). The smallest absolute Gasteiger partial charge is 0.221 e. The monoisotopic (exact) mass is 290 g/mol. The zero-order valence-electron chi connectivity index (χ0n) is 8.68. The van der Waals surface area contributed by atoms with Crippen LogP contribution in [0.5, 0.6) is 0 Å². The minimum atomic E-state index is 0.109.